The molecule has 3 rings (SSSR count). The van der Waals surface area contributed by atoms with Crippen LogP contribution in [-0.4, -0.2) is 17.1 Å². The number of amides is 1. The fourth-order valence-corrected chi connectivity index (χ4v) is 3.52. The van der Waals surface area contributed by atoms with Gasteiger partial charge in [0.1, 0.15) is 17.4 Å². The zero-order valence-electron chi connectivity index (χ0n) is 18.4. The molecule has 2 aromatic carbocycles. The van der Waals surface area contributed by atoms with E-state index in [2.05, 4.69) is 16.8 Å². The fraction of sp³-hybridized carbons (Fsp3) is 0.231. The van der Waals surface area contributed by atoms with Gasteiger partial charge in [-0.1, -0.05) is 19.1 Å². The van der Waals surface area contributed by atoms with Crippen LogP contribution < -0.4 is 10.1 Å². The number of nitrogens with one attached hydrogen (secondary N) is 1. The summed E-state index contributed by atoms with van der Waals surface area (Å²) in [7, 11) is 0. The minimum absolute atomic E-state index is 0.0616. The van der Waals surface area contributed by atoms with Crippen molar-refractivity contribution in [3.05, 3.63) is 82.7 Å². The third-order valence-corrected chi connectivity index (χ3v) is 5.16. The first kappa shape index (κ1) is 21.9. The van der Waals surface area contributed by atoms with E-state index in [9.17, 15) is 10.1 Å². The topological polar surface area (TPSA) is 67.0 Å². The maximum absolute atomic E-state index is 12.7. The van der Waals surface area contributed by atoms with Gasteiger partial charge in [-0.25, -0.2) is 0 Å². The number of nitriles is 1. The Morgan fingerprint density at radius 1 is 1.10 bits per heavy atom. The molecule has 3 aromatic rings. The van der Waals surface area contributed by atoms with Crippen molar-refractivity contribution in [1.29, 1.82) is 5.26 Å². The summed E-state index contributed by atoms with van der Waals surface area (Å²) in [4.78, 5) is 12.7. The average Bonchev–Trinajstić information content (AvgIpc) is 3.06. The Morgan fingerprint density at radius 2 is 1.77 bits per heavy atom. The molecular formula is C26H27N3O2. The smallest absolute Gasteiger partial charge is 0.266 e. The minimum atomic E-state index is -0.419. The number of ether oxygens (including phenoxy) is 1. The molecule has 31 heavy (non-hydrogen) atoms. The summed E-state index contributed by atoms with van der Waals surface area (Å²) < 4.78 is 7.61. The molecule has 0 saturated carbocycles. The van der Waals surface area contributed by atoms with E-state index in [4.69, 9.17) is 4.74 Å². The third-order valence-electron chi connectivity index (χ3n) is 5.16. The van der Waals surface area contributed by atoms with Crippen molar-refractivity contribution in [3.63, 3.8) is 0 Å². The molecule has 1 N–H and O–H groups in total. The number of nitrogens with zero attached hydrogens (tertiary/aromatic N) is 2. The molecule has 0 spiro atoms. The molecule has 0 radical (unpaired) electrons. The molecule has 1 heterocycles. The van der Waals surface area contributed by atoms with Crippen molar-refractivity contribution in [2.24, 2.45) is 0 Å². The summed E-state index contributed by atoms with van der Waals surface area (Å²) in [5.41, 5.74) is 5.72. The van der Waals surface area contributed by atoms with Gasteiger partial charge in [0.05, 0.1) is 6.61 Å². The Morgan fingerprint density at radius 3 is 2.35 bits per heavy atom. The highest BCUT2D eigenvalue weighted by atomic mass is 16.5. The number of aromatic nitrogens is 1. The lowest BCUT2D eigenvalue weighted by Gasteiger charge is -2.11. The molecule has 0 aliphatic heterocycles. The lowest BCUT2D eigenvalue weighted by Crippen LogP contribution is -2.13. The van der Waals surface area contributed by atoms with Crippen LogP contribution in [0.4, 0.5) is 5.69 Å². The van der Waals surface area contributed by atoms with Gasteiger partial charge in [-0.05, 0) is 86.9 Å². The monoisotopic (exact) mass is 413 g/mol. The summed E-state index contributed by atoms with van der Waals surface area (Å²) in [6.07, 6.45) is 2.57. The second-order valence-corrected chi connectivity index (χ2v) is 7.26. The van der Waals surface area contributed by atoms with Crippen LogP contribution in [0.2, 0.25) is 0 Å². The van der Waals surface area contributed by atoms with E-state index < -0.39 is 5.91 Å². The lowest BCUT2D eigenvalue weighted by molar-refractivity contribution is -0.112. The van der Waals surface area contributed by atoms with Gasteiger partial charge >= 0.3 is 0 Å². The second kappa shape index (κ2) is 9.82. The number of carbonyl (C=O) groups excluding carboxylic acids is 1. The van der Waals surface area contributed by atoms with Gasteiger partial charge in [0.25, 0.3) is 5.91 Å². The van der Waals surface area contributed by atoms with Crippen LogP contribution in [0, 0.1) is 25.2 Å². The van der Waals surface area contributed by atoms with E-state index in [0.717, 1.165) is 34.8 Å². The summed E-state index contributed by atoms with van der Waals surface area (Å²) in [5, 5.41) is 12.4. The average molecular weight is 414 g/mol. The molecule has 5 nitrogen and oxygen atoms in total. The van der Waals surface area contributed by atoms with E-state index in [1.165, 1.54) is 5.56 Å². The lowest BCUT2D eigenvalue weighted by atomic mass is 10.1. The quantitative estimate of drug-likeness (QED) is 0.405. The summed E-state index contributed by atoms with van der Waals surface area (Å²) in [6, 6.07) is 19.5. The zero-order valence-corrected chi connectivity index (χ0v) is 18.4. The Bertz CT molecular complexity index is 1130. The number of hydrogen-bond acceptors (Lipinski definition) is 3. The Kier molecular flexibility index (Phi) is 6.94. The Hall–Kier alpha value is -3.78. The second-order valence-electron chi connectivity index (χ2n) is 7.26. The van der Waals surface area contributed by atoms with Crippen molar-refractivity contribution >= 4 is 17.7 Å². The van der Waals surface area contributed by atoms with Crippen molar-refractivity contribution in [1.82, 2.24) is 4.57 Å². The van der Waals surface area contributed by atoms with E-state index >= 15 is 0 Å². The van der Waals surface area contributed by atoms with E-state index in [0.29, 0.717) is 12.3 Å². The van der Waals surface area contributed by atoms with Gasteiger partial charge in [0.2, 0.25) is 0 Å². The number of carbonyl (C=O) groups is 1. The Balaban J connectivity index is 1.86. The number of anilines is 1. The van der Waals surface area contributed by atoms with Gasteiger partial charge in [-0.3, -0.25) is 4.79 Å². The van der Waals surface area contributed by atoms with Crippen molar-refractivity contribution in [3.8, 4) is 17.5 Å². The predicted octanol–water partition coefficient (Wildman–Crippen LogP) is 5.60. The molecular weight excluding hydrogens is 386 g/mol. The van der Waals surface area contributed by atoms with Gasteiger partial charge < -0.3 is 14.6 Å². The molecule has 1 amide bonds. The first-order valence-electron chi connectivity index (χ1n) is 10.4. The molecule has 0 fully saturated rings. The predicted molar refractivity (Wildman–Crippen MR) is 124 cm³/mol. The summed E-state index contributed by atoms with van der Waals surface area (Å²) in [6.45, 7) is 8.63. The number of aryl methyl sites for hydroxylation is 2. The van der Waals surface area contributed by atoms with Crippen LogP contribution in [0.1, 0.15) is 36.4 Å². The molecule has 5 heteroatoms. The first-order chi connectivity index (χ1) is 15.0. The highest BCUT2D eigenvalue weighted by molar-refractivity contribution is 6.09. The van der Waals surface area contributed by atoms with Crippen LogP contribution >= 0.6 is 0 Å². The van der Waals surface area contributed by atoms with Gasteiger partial charge in [-0.2, -0.15) is 5.26 Å². The fourth-order valence-electron chi connectivity index (χ4n) is 3.52. The molecule has 0 aliphatic carbocycles. The zero-order chi connectivity index (χ0) is 22.4. The van der Waals surface area contributed by atoms with E-state index in [1.54, 1.807) is 6.08 Å². The molecule has 0 atom stereocenters. The van der Waals surface area contributed by atoms with Crippen LogP contribution in [0.5, 0.6) is 5.75 Å². The third kappa shape index (κ3) is 5.04. The summed E-state index contributed by atoms with van der Waals surface area (Å²) in [5.74, 6) is 0.404. The number of rotatable bonds is 7. The largest absolute Gasteiger partial charge is 0.494 e. The SMILES string of the molecule is CCOc1ccc(-n2c(C)cc(/C=C(/C#N)C(=O)Nc3ccc(CC)cc3)c2C)cc1. The molecule has 158 valence electrons. The standard InChI is InChI=1S/C26H27N3O2/c1-5-20-7-9-23(10-8-20)28-26(30)22(17-27)16-21-15-18(3)29(19(21)4)24-11-13-25(14-12-24)31-6-2/h7-16H,5-6H2,1-4H3,(H,28,30)/b22-16-. The normalized spacial score (nSPS) is 11.1. The van der Waals surface area contributed by atoms with Crippen LogP contribution in [0.25, 0.3) is 11.8 Å². The van der Waals surface area contributed by atoms with Crippen molar-refractivity contribution in [2.75, 3.05) is 11.9 Å². The van der Waals surface area contributed by atoms with Gasteiger partial charge in [-0.15, -0.1) is 0 Å². The highest BCUT2D eigenvalue weighted by Crippen LogP contribution is 2.24. The van der Waals surface area contributed by atoms with Crippen LogP contribution in [0.3, 0.4) is 0 Å². The van der Waals surface area contributed by atoms with Crippen molar-refractivity contribution in [2.45, 2.75) is 34.1 Å². The maximum atomic E-state index is 12.7. The van der Waals surface area contributed by atoms with Gasteiger partial charge in [0, 0.05) is 22.8 Å². The minimum Gasteiger partial charge on any atom is -0.494 e. The number of hydrogen-bond donors (Lipinski definition) is 1. The van der Waals surface area contributed by atoms with E-state index in [1.807, 2.05) is 81.4 Å². The maximum Gasteiger partial charge on any atom is 0.266 e. The van der Waals surface area contributed by atoms with Crippen LogP contribution in [0.15, 0.2) is 60.2 Å². The molecule has 1 aromatic heterocycles. The molecule has 0 bridgehead atoms. The number of benzene rings is 2. The Labute approximate surface area is 183 Å². The van der Waals surface area contributed by atoms with Crippen molar-refractivity contribution < 1.29 is 9.53 Å². The van der Waals surface area contributed by atoms with E-state index in [-0.39, 0.29) is 5.57 Å². The van der Waals surface area contributed by atoms with Gasteiger partial charge in [0.15, 0.2) is 0 Å². The highest BCUT2D eigenvalue weighted by Gasteiger charge is 2.14. The first-order valence-corrected chi connectivity index (χ1v) is 10.4. The molecule has 0 unspecified atom stereocenters. The van der Waals surface area contributed by atoms with Crippen LogP contribution in [-0.2, 0) is 11.2 Å². The molecule has 0 aliphatic rings. The molecule has 0 saturated heterocycles. The summed E-state index contributed by atoms with van der Waals surface area (Å²) >= 11 is 0.